The highest BCUT2D eigenvalue weighted by Gasteiger charge is 2.57. The highest BCUT2D eigenvalue weighted by molar-refractivity contribution is 5.34. The van der Waals surface area contributed by atoms with E-state index in [1.54, 1.807) is 6.08 Å². The molecule has 0 aromatic carbocycles. The van der Waals surface area contributed by atoms with Gasteiger partial charge in [-0.05, 0) is 36.8 Å². The molecule has 5 unspecified atom stereocenters. The van der Waals surface area contributed by atoms with E-state index in [4.69, 9.17) is 5.73 Å². The Hall–Kier alpha value is -1.36. The van der Waals surface area contributed by atoms with Gasteiger partial charge in [0.05, 0.1) is 11.6 Å². The molecule has 5 heteroatoms. The summed E-state index contributed by atoms with van der Waals surface area (Å²) in [6.45, 7) is 5.38. The summed E-state index contributed by atoms with van der Waals surface area (Å²) in [7, 11) is 0. The average molecular weight is 263 g/mol. The van der Waals surface area contributed by atoms with Crippen molar-refractivity contribution in [2.75, 3.05) is 6.54 Å². The Morgan fingerprint density at radius 1 is 1.53 bits per heavy atom. The van der Waals surface area contributed by atoms with E-state index in [-0.39, 0.29) is 16.3 Å². The Balaban J connectivity index is 2.09. The summed E-state index contributed by atoms with van der Waals surface area (Å²) < 4.78 is 0. The smallest absolute Gasteiger partial charge is 0.258 e. The molecule has 0 amide bonds. The Labute approximate surface area is 113 Å². The summed E-state index contributed by atoms with van der Waals surface area (Å²) in [5.74, 6) is 0.401. The lowest BCUT2D eigenvalue weighted by Crippen LogP contribution is -2.61. The molecular formula is C14H21N3O2. The van der Waals surface area contributed by atoms with Crippen molar-refractivity contribution < 1.29 is 4.92 Å². The fourth-order valence-corrected chi connectivity index (χ4v) is 4.36. The van der Waals surface area contributed by atoms with Gasteiger partial charge >= 0.3 is 0 Å². The standard InChI is InChI=1S/C14H21N3O2/c1-8-11-7-9-3-4-10(15)13(17(18)19)12(9)14(8,2)5-6-16-11/h3-4,8,11-13,16H,5-7,15H2,1-2H3. The largest absolute Gasteiger partial charge is 0.396 e. The van der Waals surface area contributed by atoms with Crippen LogP contribution in [-0.2, 0) is 0 Å². The normalized spacial score (nSPS) is 44.9. The molecule has 19 heavy (non-hydrogen) atoms. The molecule has 0 aromatic rings. The van der Waals surface area contributed by atoms with Gasteiger partial charge < -0.3 is 11.1 Å². The molecule has 3 N–H and O–H groups in total. The monoisotopic (exact) mass is 263 g/mol. The number of nitrogens with one attached hydrogen (secondary N) is 1. The third-order valence-electron chi connectivity index (χ3n) is 5.65. The minimum absolute atomic E-state index is 0.0311. The third-order valence-corrected chi connectivity index (χ3v) is 5.65. The quantitative estimate of drug-likeness (QED) is 0.554. The van der Waals surface area contributed by atoms with Crippen LogP contribution in [-0.4, -0.2) is 23.6 Å². The Kier molecular flexibility index (Phi) is 2.71. The van der Waals surface area contributed by atoms with Gasteiger partial charge in [-0.1, -0.05) is 25.5 Å². The van der Waals surface area contributed by atoms with Crippen LogP contribution in [0.2, 0.25) is 0 Å². The summed E-state index contributed by atoms with van der Waals surface area (Å²) in [6.07, 6.45) is 5.64. The van der Waals surface area contributed by atoms with Crippen molar-refractivity contribution in [3.05, 3.63) is 33.5 Å². The van der Waals surface area contributed by atoms with Crippen LogP contribution in [0.5, 0.6) is 0 Å². The minimum Gasteiger partial charge on any atom is -0.396 e. The average Bonchev–Trinajstić information content (AvgIpc) is 2.34. The Bertz CT molecular complexity index is 485. The minimum atomic E-state index is -0.744. The van der Waals surface area contributed by atoms with E-state index in [1.165, 1.54) is 5.57 Å². The topological polar surface area (TPSA) is 81.2 Å². The van der Waals surface area contributed by atoms with E-state index in [1.807, 2.05) is 6.08 Å². The lowest BCUT2D eigenvalue weighted by molar-refractivity contribution is -0.525. The zero-order valence-corrected chi connectivity index (χ0v) is 11.4. The molecule has 2 aliphatic carbocycles. The van der Waals surface area contributed by atoms with Crippen LogP contribution >= 0.6 is 0 Å². The van der Waals surface area contributed by atoms with Crippen LogP contribution in [0.15, 0.2) is 23.4 Å². The second-order valence-electron chi connectivity index (χ2n) is 6.43. The van der Waals surface area contributed by atoms with E-state index in [2.05, 4.69) is 19.2 Å². The van der Waals surface area contributed by atoms with Gasteiger partial charge in [0, 0.05) is 11.0 Å². The predicted molar refractivity (Wildman–Crippen MR) is 72.9 cm³/mol. The fourth-order valence-electron chi connectivity index (χ4n) is 4.36. The van der Waals surface area contributed by atoms with Gasteiger partial charge in [-0.25, -0.2) is 0 Å². The molecule has 1 saturated carbocycles. The first kappa shape index (κ1) is 12.7. The lowest BCUT2D eigenvalue weighted by atomic mass is 9.52. The first-order chi connectivity index (χ1) is 8.95. The molecule has 1 aliphatic heterocycles. The molecule has 0 spiro atoms. The van der Waals surface area contributed by atoms with Crippen LogP contribution in [0, 0.1) is 27.4 Å². The second-order valence-corrected chi connectivity index (χ2v) is 6.43. The van der Waals surface area contributed by atoms with E-state index in [0.29, 0.717) is 17.7 Å². The summed E-state index contributed by atoms with van der Waals surface area (Å²) >= 11 is 0. The maximum absolute atomic E-state index is 11.5. The number of fused-ring (bicyclic) bond motifs is 4. The van der Waals surface area contributed by atoms with E-state index >= 15 is 0 Å². The van der Waals surface area contributed by atoms with Crippen LogP contribution in [0.4, 0.5) is 0 Å². The Morgan fingerprint density at radius 2 is 2.26 bits per heavy atom. The number of nitrogens with two attached hydrogens (primary N) is 1. The number of piperidine rings is 1. The summed E-state index contributed by atoms with van der Waals surface area (Å²) in [5, 5.41) is 15.0. The number of nitro groups is 1. The van der Waals surface area contributed by atoms with Gasteiger partial charge in [0.2, 0.25) is 0 Å². The number of hydrogen-bond donors (Lipinski definition) is 2. The highest BCUT2D eigenvalue weighted by atomic mass is 16.6. The van der Waals surface area contributed by atoms with Crippen LogP contribution in [0.3, 0.4) is 0 Å². The maximum Gasteiger partial charge on any atom is 0.258 e. The van der Waals surface area contributed by atoms with Gasteiger partial charge in [0.1, 0.15) is 0 Å². The molecule has 2 fully saturated rings. The lowest BCUT2D eigenvalue weighted by Gasteiger charge is -2.55. The molecule has 0 aromatic heterocycles. The van der Waals surface area contributed by atoms with Crippen molar-refractivity contribution in [2.45, 2.75) is 38.8 Å². The first-order valence-electron chi connectivity index (χ1n) is 6.98. The number of rotatable bonds is 1. The molecular weight excluding hydrogens is 242 g/mol. The molecule has 0 radical (unpaired) electrons. The highest BCUT2D eigenvalue weighted by Crippen LogP contribution is 2.55. The molecule has 1 saturated heterocycles. The van der Waals surface area contributed by atoms with E-state index in [0.717, 1.165) is 19.4 Å². The molecule has 3 rings (SSSR count). The first-order valence-corrected chi connectivity index (χ1v) is 6.98. The van der Waals surface area contributed by atoms with Crippen molar-refractivity contribution in [1.29, 1.82) is 0 Å². The summed E-state index contributed by atoms with van der Waals surface area (Å²) in [4.78, 5) is 11.3. The van der Waals surface area contributed by atoms with Gasteiger partial charge in [-0.15, -0.1) is 0 Å². The number of allylic oxidation sites excluding steroid dienone is 2. The molecule has 1 heterocycles. The van der Waals surface area contributed by atoms with Crippen molar-refractivity contribution in [3.63, 3.8) is 0 Å². The van der Waals surface area contributed by atoms with Crippen LogP contribution in [0.25, 0.3) is 0 Å². The third kappa shape index (κ3) is 1.64. The molecule has 5 atom stereocenters. The van der Waals surface area contributed by atoms with Crippen molar-refractivity contribution >= 4 is 0 Å². The molecule has 3 aliphatic rings. The van der Waals surface area contributed by atoms with Gasteiger partial charge in [0.25, 0.3) is 6.04 Å². The summed E-state index contributed by atoms with van der Waals surface area (Å²) in [5.41, 5.74) is 7.50. The Morgan fingerprint density at radius 3 is 2.95 bits per heavy atom. The van der Waals surface area contributed by atoms with Crippen LogP contribution < -0.4 is 11.1 Å². The molecule has 104 valence electrons. The van der Waals surface area contributed by atoms with Crippen LogP contribution in [0.1, 0.15) is 26.7 Å². The molecule has 5 nitrogen and oxygen atoms in total. The van der Waals surface area contributed by atoms with E-state index < -0.39 is 6.04 Å². The number of nitrogens with zero attached hydrogens (tertiary/aromatic N) is 1. The van der Waals surface area contributed by atoms with Crippen molar-refractivity contribution in [3.8, 4) is 0 Å². The van der Waals surface area contributed by atoms with Gasteiger partial charge in [-0.2, -0.15) is 0 Å². The number of hydrogen-bond acceptors (Lipinski definition) is 4. The SMILES string of the molecule is CC1C2CC3=CC=C(N)C([N+](=O)[O-])C3C1(C)CCN2. The van der Waals surface area contributed by atoms with Crippen molar-refractivity contribution in [2.24, 2.45) is 23.0 Å². The van der Waals surface area contributed by atoms with Gasteiger partial charge in [0.15, 0.2) is 0 Å². The zero-order valence-electron chi connectivity index (χ0n) is 11.4. The zero-order chi connectivity index (χ0) is 13.8. The summed E-state index contributed by atoms with van der Waals surface area (Å²) in [6, 6.07) is -0.298. The predicted octanol–water partition coefficient (Wildman–Crippen LogP) is 1.44. The maximum atomic E-state index is 11.5. The van der Waals surface area contributed by atoms with E-state index in [9.17, 15) is 10.1 Å². The molecule has 2 bridgehead atoms. The van der Waals surface area contributed by atoms with Gasteiger partial charge in [-0.3, -0.25) is 10.1 Å². The second kappa shape index (κ2) is 4.07. The van der Waals surface area contributed by atoms with Crippen molar-refractivity contribution in [1.82, 2.24) is 5.32 Å². The fraction of sp³-hybridized carbons (Fsp3) is 0.714.